The highest BCUT2D eigenvalue weighted by Crippen LogP contribution is 2.21. The number of aryl methyl sites for hydroxylation is 1. The molecule has 0 bridgehead atoms. The Kier molecular flexibility index (Phi) is 5.07. The number of nitrogens with zero attached hydrogens (tertiary/aromatic N) is 6. The van der Waals surface area contributed by atoms with Crippen molar-refractivity contribution in [2.45, 2.75) is 38.2 Å². The molecule has 0 saturated carbocycles. The number of carbonyl (C=O) groups excluding carboxylic acids is 1. The quantitative estimate of drug-likeness (QED) is 0.695. The van der Waals surface area contributed by atoms with Crippen LogP contribution < -0.4 is 10.2 Å². The molecule has 1 amide bonds. The van der Waals surface area contributed by atoms with Crippen LogP contribution in [-0.4, -0.2) is 54.9 Å². The number of aliphatic hydroxyl groups is 1. The van der Waals surface area contributed by atoms with Gasteiger partial charge < -0.3 is 15.3 Å². The van der Waals surface area contributed by atoms with Crippen LogP contribution >= 0.6 is 0 Å². The van der Waals surface area contributed by atoms with E-state index in [0.29, 0.717) is 13.0 Å². The van der Waals surface area contributed by atoms with Gasteiger partial charge in [0.1, 0.15) is 18.4 Å². The highest BCUT2D eigenvalue weighted by molar-refractivity contribution is 5.90. The summed E-state index contributed by atoms with van der Waals surface area (Å²) in [6.45, 7) is 1.27. The molecule has 0 aliphatic carbocycles. The first kappa shape index (κ1) is 18.2. The average Bonchev–Trinajstić information content (AvgIpc) is 3.35. The Morgan fingerprint density at radius 1 is 1.29 bits per heavy atom. The second-order valence-corrected chi connectivity index (χ2v) is 6.91. The minimum atomic E-state index is -0.869. The topological polar surface area (TPSA) is 101 Å². The highest BCUT2D eigenvalue weighted by Gasteiger charge is 2.29. The molecule has 146 valence electrons. The lowest BCUT2D eigenvalue weighted by atomic mass is 10.1. The van der Waals surface area contributed by atoms with Crippen molar-refractivity contribution < 1.29 is 9.90 Å². The number of anilines is 1. The maximum Gasteiger partial charge on any atom is 0.291 e. The van der Waals surface area contributed by atoms with E-state index in [2.05, 4.69) is 20.5 Å². The van der Waals surface area contributed by atoms with Gasteiger partial charge in [0.25, 0.3) is 5.91 Å². The zero-order chi connectivity index (χ0) is 19.5. The van der Waals surface area contributed by atoms with Crippen molar-refractivity contribution in [2.24, 2.45) is 0 Å². The number of aromatic nitrogens is 5. The Hall–Kier alpha value is -3.20. The lowest BCUT2D eigenvalue weighted by Crippen LogP contribution is -2.52. The van der Waals surface area contributed by atoms with Crippen LogP contribution in [-0.2, 0) is 13.1 Å². The average molecular weight is 381 g/mol. The molecule has 9 heteroatoms. The van der Waals surface area contributed by atoms with E-state index in [1.165, 1.54) is 0 Å². The molecule has 3 aromatic rings. The third-order valence-electron chi connectivity index (χ3n) is 4.94. The molecule has 1 aromatic carbocycles. The minimum absolute atomic E-state index is 0.0953. The zero-order valence-electron chi connectivity index (χ0n) is 15.6. The Bertz CT molecular complexity index is 937. The number of hydrogen-bond donors (Lipinski definition) is 2. The standard InChI is InChI=1S/C19H23N7O2/c1-24-16-9-10-21-26(16)11-5-8-15(19(24)28)22-18(27)17-20-13-25(23-17)12-14-6-3-2-4-7-14/h2-4,6-7,9-10,13,15,19,28H,5,8,11-12H2,1H3,(H,22,27). The minimum Gasteiger partial charge on any atom is -0.371 e. The van der Waals surface area contributed by atoms with Crippen molar-refractivity contribution in [1.82, 2.24) is 29.9 Å². The fourth-order valence-electron chi connectivity index (χ4n) is 3.44. The van der Waals surface area contributed by atoms with E-state index in [-0.39, 0.29) is 5.82 Å². The van der Waals surface area contributed by atoms with Gasteiger partial charge in [-0.3, -0.25) is 4.79 Å². The monoisotopic (exact) mass is 381 g/mol. The predicted molar refractivity (Wildman–Crippen MR) is 103 cm³/mol. The summed E-state index contributed by atoms with van der Waals surface area (Å²) in [5.74, 6) is 0.521. The predicted octanol–water partition coefficient (Wildman–Crippen LogP) is 0.870. The van der Waals surface area contributed by atoms with Gasteiger partial charge in [-0.05, 0) is 18.4 Å². The van der Waals surface area contributed by atoms with Crippen LogP contribution in [0.4, 0.5) is 5.82 Å². The van der Waals surface area contributed by atoms with Crippen molar-refractivity contribution in [1.29, 1.82) is 0 Å². The van der Waals surface area contributed by atoms with Crippen LogP contribution in [0.25, 0.3) is 0 Å². The lowest BCUT2D eigenvalue weighted by Gasteiger charge is -2.34. The smallest absolute Gasteiger partial charge is 0.291 e. The maximum atomic E-state index is 12.6. The first-order valence-corrected chi connectivity index (χ1v) is 9.29. The van der Waals surface area contributed by atoms with E-state index in [1.807, 2.05) is 41.1 Å². The molecule has 4 rings (SSSR count). The van der Waals surface area contributed by atoms with E-state index >= 15 is 0 Å². The first-order valence-electron chi connectivity index (χ1n) is 9.29. The van der Waals surface area contributed by atoms with Crippen LogP contribution in [0.5, 0.6) is 0 Å². The summed E-state index contributed by atoms with van der Waals surface area (Å²) in [6.07, 6.45) is 3.80. The molecule has 0 fully saturated rings. The van der Waals surface area contributed by atoms with E-state index in [4.69, 9.17) is 0 Å². The SMILES string of the molecule is CN1c2ccnn2CCCC(NC(=O)c2ncn(Cc3ccccc3)n2)C1O. The number of aliphatic hydroxyl groups excluding tert-OH is 1. The van der Waals surface area contributed by atoms with Gasteiger partial charge in [0.2, 0.25) is 5.82 Å². The summed E-state index contributed by atoms with van der Waals surface area (Å²) >= 11 is 0. The van der Waals surface area contributed by atoms with Crippen LogP contribution in [0.2, 0.25) is 0 Å². The van der Waals surface area contributed by atoms with Crippen molar-refractivity contribution in [2.75, 3.05) is 11.9 Å². The summed E-state index contributed by atoms with van der Waals surface area (Å²) in [6, 6.07) is 11.3. The van der Waals surface area contributed by atoms with Gasteiger partial charge in [-0.2, -0.15) is 5.10 Å². The van der Waals surface area contributed by atoms with Crippen LogP contribution in [0.15, 0.2) is 48.9 Å². The zero-order valence-corrected chi connectivity index (χ0v) is 15.6. The molecule has 2 aromatic heterocycles. The first-order chi connectivity index (χ1) is 13.6. The van der Waals surface area contributed by atoms with Crippen LogP contribution in [0, 0.1) is 0 Å². The fraction of sp³-hybridized carbons (Fsp3) is 0.368. The third-order valence-corrected chi connectivity index (χ3v) is 4.94. The number of carbonyl (C=O) groups is 1. The van der Waals surface area contributed by atoms with E-state index in [0.717, 1.165) is 24.3 Å². The van der Waals surface area contributed by atoms with Crippen molar-refractivity contribution in [3.63, 3.8) is 0 Å². The van der Waals surface area contributed by atoms with E-state index in [9.17, 15) is 9.90 Å². The van der Waals surface area contributed by atoms with Gasteiger partial charge in [-0.15, -0.1) is 5.10 Å². The Labute approximate surface area is 162 Å². The normalized spacial score (nSPS) is 19.6. The van der Waals surface area contributed by atoms with E-state index in [1.54, 1.807) is 29.2 Å². The number of nitrogens with one attached hydrogen (secondary N) is 1. The Morgan fingerprint density at radius 3 is 2.93 bits per heavy atom. The number of fused-ring (bicyclic) bond motifs is 1. The Morgan fingerprint density at radius 2 is 2.11 bits per heavy atom. The van der Waals surface area contributed by atoms with Gasteiger partial charge in [0.05, 0.1) is 18.8 Å². The molecule has 2 unspecified atom stereocenters. The number of hydrogen-bond acceptors (Lipinski definition) is 6. The second kappa shape index (κ2) is 7.81. The molecule has 2 atom stereocenters. The molecule has 9 nitrogen and oxygen atoms in total. The number of rotatable bonds is 4. The summed E-state index contributed by atoms with van der Waals surface area (Å²) in [5.41, 5.74) is 1.08. The number of likely N-dealkylation sites (N-methyl/N-ethyl adjacent to an activating group) is 1. The number of amides is 1. The van der Waals surface area contributed by atoms with Gasteiger partial charge in [-0.25, -0.2) is 14.3 Å². The third kappa shape index (κ3) is 3.74. The lowest BCUT2D eigenvalue weighted by molar-refractivity contribution is 0.0795. The number of benzene rings is 1. The summed E-state index contributed by atoms with van der Waals surface area (Å²) in [5, 5.41) is 22.1. The summed E-state index contributed by atoms with van der Waals surface area (Å²) in [4.78, 5) is 18.5. The van der Waals surface area contributed by atoms with Crippen molar-refractivity contribution in [3.05, 3.63) is 60.3 Å². The molecular weight excluding hydrogens is 358 g/mol. The van der Waals surface area contributed by atoms with Crippen molar-refractivity contribution >= 4 is 11.7 Å². The van der Waals surface area contributed by atoms with Gasteiger partial charge in [0, 0.05) is 19.7 Å². The largest absolute Gasteiger partial charge is 0.371 e. The van der Waals surface area contributed by atoms with Crippen LogP contribution in [0.1, 0.15) is 29.0 Å². The molecule has 28 heavy (non-hydrogen) atoms. The molecule has 1 aliphatic rings. The summed E-state index contributed by atoms with van der Waals surface area (Å²) in [7, 11) is 1.79. The second-order valence-electron chi connectivity index (χ2n) is 6.91. The fourth-order valence-corrected chi connectivity index (χ4v) is 3.44. The van der Waals surface area contributed by atoms with Gasteiger partial charge in [-0.1, -0.05) is 30.3 Å². The van der Waals surface area contributed by atoms with Gasteiger partial charge in [0.15, 0.2) is 0 Å². The highest BCUT2D eigenvalue weighted by atomic mass is 16.3. The van der Waals surface area contributed by atoms with Crippen LogP contribution in [0.3, 0.4) is 0 Å². The molecule has 1 aliphatic heterocycles. The molecule has 3 heterocycles. The maximum absolute atomic E-state index is 12.6. The molecule has 0 spiro atoms. The Balaban J connectivity index is 1.43. The molecular formula is C19H23N7O2. The molecule has 2 N–H and O–H groups in total. The van der Waals surface area contributed by atoms with Gasteiger partial charge >= 0.3 is 0 Å². The molecule has 0 saturated heterocycles. The molecule has 0 radical (unpaired) electrons. The van der Waals surface area contributed by atoms with E-state index < -0.39 is 18.2 Å². The van der Waals surface area contributed by atoms with Crippen molar-refractivity contribution in [3.8, 4) is 0 Å². The summed E-state index contributed by atoms with van der Waals surface area (Å²) < 4.78 is 3.48.